The van der Waals surface area contributed by atoms with Crippen molar-refractivity contribution in [2.75, 3.05) is 19.6 Å². The lowest BCUT2D eigenvalue weighted by molar-refractivity contribution is 0.0337. The Morgan fingerprint density at radius 1 is 1.32 bits per heavy atom. The zero-order valence-electron chi connectivity index (χ0n) is 15.3. The third-order valence-corrected chi connectivity index (χ3v) is 5.20. The van der Waals surface area contributed by atoms with Gasteiger partial charge in [-0.05, 0) is 24.5 Å². The molecule has 0 aromatic carbocycles. The maximum atomic E-state index is 11.3. The molecule has 7 nitrogen and oxygen atoms in total. The molecule has 7 heteroatoms. The van der Waals surface area contributed by atoms with Crippen molar-refractivity contribution >= 4 is 0 Å². The van der Waals surface area contributed by atoms with E-state index in [2.05, 4.69) is 55.9 Å². The van der Waals surface area contributed by atoms with Crippen molar-refractivity contribution in [3.05, 3.63) is 45.9 Å². The second-order valence-corrected chi connectivity index (χ2v) is 7.09. The highest BCUT2D eigenvalue weighted by Gasteiger charge is 2.30. The highest BCUT2D eigenvalue weighted by molar-refractivity contribution is 5.13. The van der Waals surface area contributed by atoms with Crippen molar-refractivity contribution in [1.29, 1.82) is 0 Å². The molecule has 0 spiro atoms. The normalized spacial score (nSPS) is 20.7. The standard InChI is InChI=1S/C18H28N6O/c1-4-13(2)16-11-23(10-15-6-5-14(3)19-9-15)7-8-24(16)12-17-20-18(25)22-21-17/h5-6,9,13,16H,4,7-8,10-12H2,1-3H3,(H2,20,21,22,25)/t13-,16-/m0/s1. The number of nitrogens with zero attached hydrogens (tertiary/aromatic N) is 4. The van der Waals surface area contributed by atoms with Gasteiger partial charge in [-0.25, -0.2) is 9.89 Å². The van der Waals surface area contributed by atoms with Crippen molar-refractivity contribution < 1.29 is 0 Å². The van der Waals surface area contributed by atoms with E-state index in [4.69, 9.17) is 0 Å². The summed E-state index contributed by atoms with van der Waals surface area (Å²) in [6, 6.07) is 4.70. The average molecular weight is 344 g/mol. The lowest BCUT2D eigenvalue weighted by atomic mass is 9.95. The summed E-state index contributed by atoms with van der Waals surface area (Å²) in [5.74, 6) is 1.30. The minimum absolute atomic E-state index is 0.236. The molecule has 2 N–H and O–H groups in total. The Hall–Kier alpha value is -1.99. The molecule has 2 aromatic heterocycles. The third kappa shape index (κ3) is 4.55. The Morgan fingerprint density at radius 3 is 2.80 bits per heavy atom. The van der Waals surface area contributed by atoms with Crippen molar-refractivity contribution in [3.8, 4) is 0 Å². The predicted octanol–water partition coefficient (Wildman–Crippen LogP) is 1.53. The number of rotatable bonds is 6. The fraction of sp³-hybridized carbons (Fsp3) is 0.611. The van der Waals surface area contributed by atoms with Gasteiger partial charge in [0.1, 0.15) is 5.82 Å². The molecule has 0 aliphatic carbocycles. The van der Waals surface area contributed by atoms with Crippen LogP contribution in [0, 0.1) is 12.8 Å². The van der Waals surface area contributed by atoms with E-state index in [0.717, 1.165) is 44.1 Å². The maximum Gasteiger partial charge on any atom is 0.340 e. The molecule has 3 rings (SSSR count). The average Bonchev–Trinajstić information content (AvgIpc) is 3.02. The Kier molecular flexibility index (Phi) is 5.65. The van der Waals surface area contributed by atoms with Gasteiger partial charge in [-0.15, -0.1) is 0 Å². The Balaban J connectivity index is 1.66. The second kappa shape index (κ2) is 7.93. The van der Waals surface area contributed by atoms with Gasteiger partial charge in [-0.3, -0.25) is 19.8 Å². The van der Waals surface area contributed by atoms with Gasteiger partial charge in [0.2, 0.25) is 0 Å². The zero-order valence-corrected chi connectivity index (χ0v) is 15.3. The number of aryl methyl sites for hydroxylation is 1. The molecule has 0 radical (unpaired) electrons. The minimum atomic E-state index is -0.236. The summed E-state index contributed by atoms with van der Waals surface area (Å²) in [7, 11) is 0. The molecule has 0 saturated carbocycles. The molecule has 0 unspecified atom stereocenters. The Morgan fingerprint density at radius 2 is 2.16 bits per heavy atom. The summed E-state index contributed by atoms with van der Waals surface area (Å²) in [6.07, 6.45) is 3.12. The number of piperazine rings is 1. The summed E-state index contributed by atoms with van der Waals surface area (Å²) in [5.41, 5.74) is 2.08. The molecule has 1 aliphatic rings. The van der Waals surface area contributed by atoms with E-state index in [1.54, 1.807) is 0 Å². The van der Waals surface area contributed by atoms with E-state index < -0.39 is 0 Å². The van der Waals surface area contributed by atoms with Crippen LogP contribution in [0.1, 0.15) is 37.4 Å². The molecule has 1 saturated heterocycles. The van der Waals surface area contributed by atoms with Crippen LogP contribution in [0.15, 0.2) is 23.1 Å². The van der Waals surface area contributed by atoms with Crippen LogP contribution in [0.25, 0.3) is 0 Å². The number of hydrogen-bond acceptors (Lipinski definition) is 5. The summed E-state index contributed by atoms with van der Waals surface area (Å²) in [5, 5.41) is 6.52. The van der Waals surface area contributed by atoms with E-state index in [9.17, 15) is 4.79 Å². The van der Waals surface area contributed by atoms with Gasteiger partial charge in [0.15, 0.2) is 0 Å². The summed E-state index contributed by atoms with van der Waals surface area (Å²) in [4.78, 5) is 23.4. The second-order valence-electron chi connectivity index (χ2n) is 7.09. The van der Waals surface area contributed by atoms with Crippen LogP contribution in [0.5, 0.6) is 0 Å². The number of aromatic nitrogens is 4. The molecule has 2 aromatic rings. The number of H-pyrrole nitrogens is 2. The quantitative estimate of drug-likeness (QED) is 0.831. The number of pyridine rings is 1. The monoisotopic (exact) mass is 344 g/mol. The summed E-state index contributed by atoms with van der Waals surface area (Å²) >= 11 is 0. The fourth-order valence-corrected chi connectivity index (χ4v) is 3.48. The molecule has 3 heterocycles. The molecule has 25 heavy (non-hydrogen) atoms. The van der Waals surface area contributed by atoms with E-state index in [-0.39, 0.29) is 5.69 Å². The predicted molar refractivity (Wildman–Crippen MR) is 97.1 cm³/mol. The lowest BCUT2D eigenvalue weighted by Crippen LogP contribution is -2.54. The van der Waals surface area contributed by atoms with Crippen molar-refractivity contribution in [1.82, 2.24) is 30.0 Å². The first-order chi connectivity index (χ1) is 12.0. The van der Waals surface area contributed by atoms with Gasteiger partial charge in [0.05, 0.1) is 6.54 Å². The van der Waals surface area contributed by atoms with E-state index >= 15 is 0 Å². The molecule has 2 atom stereocenters. The molecule has 1 fully saturated rings. The Bertz CT molecular complexity index is 722. The highest BCUT2D eigenvalue weighted by atomic mass is 16.1. The SMILES string of the molecule is CC[C@H](C)[C@@H]1CN(Cc2ccc(C)nc2)CCN1Cc1n[nH]c(=O)[nH]1. The van der Waals surface area contributed by atoms with E-state index in [0.29, 0.717) is 18.5 Å². The number of hydrogen-bond donors (Lipinski definition) is 2. The smallest absolute Gasteiger partial charge is 0.296 e. The molecule has 0 bridgehead atoms. The molecule has 136 valence electrons. The number of aromatic amines is 2. The van der Waals surface area contributed by atoms with Gasteiger partial charge in [-0.2, -0.15) is 5.10 Å². The van der Waals surface area contributed by atoms with Gasteiger partial charge >= 0.3 is 5.69 Å². The first-order valence-corrected chi connectivity index (χ1v) is 9.06. The van der Waals surface area contributed by atoms with Crippen LogP contribution in [-0.2, 0) is 13.1 Å². The van der Waals surface area contributed by atoms with Crippen LogP contribution in [-0.4, -0.2) is 55.6 Å². The zero-order chi connectivity index (χ0) is 17.8. The third-order valence-electron chi connectivity index (χ3n) is 5.20. The maximum absolute atomic E-state index is 11.3. The first-order valence-electron chi connectivity index (χ1n) is 9.06. The molecule has 1 aliphatic heterocycles. The van der Waals surface area contributed by atoms with Crippen LogP contribution < -0.4 is 5.69 Å². The summed E-state index contributed by atoms with van der Waals surface area (Å²) < 4.78 is 0. The van der Waals surface area contributed by atoms with Crippen LogP contribution in [0.2, 0.25) is 0 Å². The highest BCUT2D eigenvalue weighted by Crippen LogP contribution is 2.22. The molecular weight excluding hydrogens is 316 g/mol. The molecular formula is C18H28N6O. The fourth-order valence-electron chi connectivity index (χ4n) is 3.48. The number of nitrogens with one attached hydrogen (secondary N) is 2. The lowest BCUT2D eigenvalue weighted by Gasteiger charge is -2.43. The van der Waals surface area contributed by atoms with E-state index in [1.807, 2.05) is 13.1 Å². The molecule has 0 amide bonds. The topological polar surface area (TPSA) is 80.9 Å². The Labute approximate surface area is 148 Å². The van der Waals surface area contributed by atoms with E-state index in [1.165, 1.54) is 5.56 Å². The van der Waals surface area contributed by atoms with Crippen LogP contribution >= 0.6 is 0 Å². The summed E-state index contributed by atoms with van der Waals surface area (Å²) in [6.45, 7) is 11.2. The minimum Gasteiger partial charge on any atom is -0.296 e. The van der Waals surface area contributed by atoms with Crippen LogP contribution in [0.4, 0.5) is 0 Å². The van der Waals surface area contributed by atoms with Gasteiger partial charge in [0, 0.05) is 44.1 Å². The van der Waals surface area contributed by atoms with Crippen molar-refractivity contribution in [2.24, 2.45) is 5.92 Å². The van der Waals surface area contributed by atoms with Crippen molar-refractivity contribution in [2.45, 2.75) is 46.3 Å². The largest absolute Gasteiger partial charge is 0.340 e. The van der Waals surface area contributed by atoms with Gasteiger partial charge in [0.25, 0.3) is 0 Å². The van der Waals surface area contributed by atoms with Crippen molar-refractivity contribution in [3.63, 3.8) is 0 Å². The first kappa shape index (κ1) is 17.8. The van der Waals surface area contributed by atoms with Gasteiger partial charge < -0.3 is 0 Å². The van der Waals surface area contributed by atoms with Crippen LogP contribution in [0.3, 0.4) is 0 Å². The van der Waals surface area contributed by atoms with Gasteiger partial charge in [-0.1, -0.05) is 26.3 Å².